The zero-order valence-electron chi connectivity index (χ0n) is 24.7. The number of methoxy groups -OCH3 is 3. The van der Waals surface area contributed by atoms with E-state index in [-0.39, 0.29) is 17.9 Å². The van der Waals surface area contributed by atoms with Crippen LogP contribution in [0, 0.1) is 3.57 Å². The summed E-state index contributed by atoms with van der Waals surface area (Å²) in [5, 5.41) is 9.32. The van der Waals surface area contributed by atoms with E-state index in [4.69, 9.17) is 23.7 Å². The smallest absolute Gasteiger partial charge is 0.337 e. The van der Waals surface area contributed by atoms with Crippen molar-refractivity contribution in [3.63, 3.8) is 0 Å². The number of halogens is 2. The summed E-state index contributed by atoms with van der Waals surface area (Å²) in [6.07, 6.45) is 1.48. The first-order valence-corrected chi connectivity index (χ1v) is 15.2. The summed E-state index contributed by atoms with van der Waals surface area (Å²) in [7, 11) is 4.25. The predicted octanol–water partition coefficient (Wildman–Crippen LogP) is 4.98. The first-order valence-electron chi connectivity index (χ1n) is 13.4. The minimum Gasteiger partial charge on any atom is -0.493 e. The molecule has 236 valence electrons. The molecule has 12 nitrogen and oxygen atoms in total. The van der Waals surface area contributed by atoms with Crippen LogP contribution in [0.1, 0.15) is 29.7 Å². The predicted molar refractivity (Wildman–Crippen MR) is 178 cm³/mol. The molecular weight excluding hydrogens is 763 g/mol. The molecule has 3 amide bonds. The van der Waals surface area contributed by atoms with Crippen molar-refractivity contribution in [1.82, 2.24) is 16.1 Å². The lowest BCUT2D eigenvalue weighted by molar-refractivity contribution is -0.136. The molecule has 0 saturated heterocycles. The summed E-state index contributed by atoms with van der Waals surface area (Å²) in [6.45, 7) is 1.62. The van der Waals surface area contributed by atoms with E-state index in [0.29, 0.717) is 40.7 Å². The summed E-state index contributed by atoms with van der Waals surface area (Å²) in [5.74, 6) is 0.599. The normalized spacial score (nSPS) is 14.4. The van der Waals surface area contributed by atoms with Gasteiger partial charge in [0.1, 0.15) is 6.61 Å². The third-order valence-electron chi connectivity index (χ3n) is 6.48. The molecule has 3 aromatic rings. The molecule has 4 rings (SSSR count). The Labute approximate surface area is 281 Å². The van der Waals surface area contributed by atoms with Crippen LogP contribution in [0.25, 0.3) is 0 Å². The van der Waals surface area contributed by atoms with Crippen LogP contribution >= 0.6 is 38.5 Å². The summed E-state index contributed by atoms with van der Waals surface area (Å²) in [4.78, 5) is 37.0. The third kappa shape index (κ3) is 8.66. The van der Waals surface area contributed by atoms with Gasteiger partial charge in [-0.15, -0.1) is 0 Å². The van der Waals surface area contributed by atoms with Crippen molar-refractivity contribution in [2.24, 2.45) is 5.10 Å². The molecule has 0 fully saturated rings. The molecule has 1 aliphatic heterocycles. The number of urea groups is 1. The van der Waals surface area contributed by atoms with Gasteiger partial charge in [-0.05, 0) is 82.6 Å². The minimum absolute atomic E-state index is 0.250. The minimum atomic E-state index is -0.777. The Morgan fingerprint density at radius 1 is 1.02 bits per heavy atom. The van der Waals surface area contributed by atoms with Crippen LogP contribution < -0.4 is 35.0 Å². The second kappa shape index (κ2) is 15.6. The SMILES string of the molecule is COC(=O)C1=C(C)NC(=O)N[C@H]1c1ccc(OCC(=O)N/N=C\c2cc(I)c(OCc3cccc(Br)c3)c(OC)c2)c(OC)c1. The Hall–Kier alpha value is -4.31. The van der Waals surface area contributed by atoms with Gasteiger partial charge in [-0.25, -0.2) is 15.0 Å². The number of ether oxygens (including phenoxy) is 5. The van der Waals surface area contributed by atoms with E-state index < -0.39 is 23.9 Å². The van der Waals surface area contributed by atoms with Crippen LogP contribution in [-0.2, 0) is 20.9 Å². The van der Waals surface area contributed by atoms with Gasteiger partial charge in [0.15, 0.2) is 29.6 Å². The van der Waals surface area contributed by atoms with E-state index >= 15 is 0 Å². The molecule has 0 aliphatic carbocycles. The third-order valence-corrected chi connectivity index (χ3v) is 7.78. The van der Waals surface area contributed by atoms with E-state index in [1.807, 2.05) is 30.3 Å². The molecule has 3 aromatic carbocycles. The van der Waals surface area contributed by atoms with E-state index in [9.17, 15) is 14.4 Å². The number of hydrogen-bond acceptors (Lipinski definition) is 9. The zero-order chi connectivity index (χ0) is 32.5. The van der Waals surface area contributed by atoms with Crippen molar-refractivity contribution in [2.45, 2.75) is 19.6 Å². The highest BCUT2D eigenvalue weighted by atomic mass is 127. The summed E-state index contributed by atoms with van der Waals surface area (Å²) < 4.78 is 29.3. The molecule has 0 aromatic heterocycles. The number of nitrogens with zero attached hydrogens (tertiary/aromatic N) is 1. The fourth-order valence-electron chi connectivity index (χ4n) is 4.40. The van der Waals surface area contributed by atoms with Crippen molar-refractivity contribution >= 4 is 62.6 Å². The topological polar surface area (TPSA) is 146 Å². The second-order valence-electron chi connectivity index (χ2n) is 9.51. The molecule has 3 N–H and O–H groups in total. The highest BCUT2D eigenvalue weighted by Crippen LogP contribution is 2.35. The molecule has 1 heterocycles. The van der Waals surface area contributed by atoms with E-state index in [1.165, 1.54) is 20.4 Å². The lowest BCUT2D eigenvalue weighted by Crippen LogP contribution is -2.45. The Balaban J connectivity index is 1.37. The number of benzene rings is 3. The molecule has 0 unspecified atom stereocenters. The van der Waals surface area contributed by atoms with Crippen molar-refractivity contribution in [3.05, 3.63) is 90.6 Å². The highest BCUT2D eigenvalue weighted by Gasteiger charge is 2.32. The molecule has 0 bridgehead atoms. The first-order chi connectivity index (χ1) is 21.6. The number of allylic oxidation sites excluding steroid dienone is 1. The van der Waals surface area contributed by atoms with Gasteiger partial charge in [-0.2, -0.15) is 5.10 Å². The standard InChI is InChI=1S/C31H30BrIN4O8/c1-17-27(30(39)43-4)28(36-31(40)35-17)20-8-9-23(24(13-20)41-2)44-16-26(38)37-34-14-19-11-22(33)29(25(12-19)42-3)45-15-18-6-5-7-21(32)10-18/h5-14,28H,15-16H2,1-4H3,(H,37,38)(H2,35,36,40)/b34-14-/t28-/m0/s1. The zero-order valence-corrected chi connectivity index (χ0v) is 28.5. The Morgan fingerprint density at radius 3 is 2.51 bits per heavy atom. The average Bonchev–Trinajstić information content (AvgIpc) is 3.02. The van der Waals surface area contributed by atoms with Crippen LogP contribution in [0.5, 0.6) is 23.0 Å². The fraction of sp³-hybridized carbons (Fsp3) is 0.226. The fourth-order valence-corrected chi connectivity index (χ4v) is 5.63. The number of rotatable bonds is 12. The van der Waals surface area contributed by atoms with Gasteiger partial charge in [0.25, 0.3) is 5.91 Å². The Morgan fingerprint density at radius 2 is 1.80 bits per heavy atom. The van der Waals surface area contributed by atoms with Crippen molar-refractivity contribution in [1.29, 1.82) is 0 Å². The second-order valence-corrected chi connectivity index (χ2v) is 11.6. The lowest BCUT2D eigenvalue weighted by Gasteiger charge is -2.28. The van der Waals surface area contributed by atoms with Crippen LogP contribution in [0.3, 0.4) is 0 Å². The molecule has 1 atom stereocenters. The number of carbonyl (C=O) groups excluding carboxylic acids is 3. The molecule has 0 radical (unpaired) electrons. The van der Waals surface area contributed by atoms with E-state index in [2.05, 4.69) is 59.7 Å². The van der Waals surface area contributed by atoms with E-state index in [1.54, 1.807) is 38.3 Å². The van der Waals surface area contributed by atoms with Gasteiger partial charge in [0.05, 0.1) is 42.7 Å². The van der Waals surface area contributed by atoms with Crippen LogP contribution in [0.2, 0.25) is 0 Å². The molecule has 0 spiro atoms. The van der Waals surface area contributed by atoms with Gasteiger partial charge >= 0.3 is 12.0 Å². The van der Waals surface area contributed by atoms with Crippen LogP contribution in [0.4, 0.5) is 4.79 Å². The first kappa shape index (κ1) is 33.6. The molecular formula is C31H30BrIN4O8. The number of amides is 3. The number of nitrogens with one attached hydrogen (secondary N) is 3. The number of carbonyl (C=O) groups is 3. The summed E-state index contributed by atoms with van der Waals surface area (Å²) >= 11 is 5.62. The quantitative estimate of drug-likeness (QED) is 0.101. The van der Waals surface area contributed by atoms with Gasteiger partial charge < -0.3 is 34.3 Å². The van der Waals surface area contributed by atoms with Crippen molar-refractivity contribution in [3.8, 4) is 23.0 Å². The lowest BCUT2D eigenvalue weighted by atomic mass is 9.95. The van der Waals surface area contributed by atoms with Crippen LogP contribution in [-0.4, -0.2) is 52.1 Å². The Bertz CT molecular complexity index is 1660. The summed E-state index contributed by atoms with van der Waals surface area (Å²) in [6, 6.07) is 15.1. The summed E-state index contributed by atoms with van der Waals surface area (Å²) in [5.41, 5.74) is 5.30. The maximum atomic E-state index is 12.5. The van der Waals surface area contributed by atoms with Gasteiger partial charge in [0.2, 0.25) is 0 Å². The maximum Gasteiger partial charge on any atom is 0.337 e. The highest BCUT2D eigenvalue weighted by molar-refractivity contribution is 14.1. The molecule has 0 saturated carbocycles. The van der Waals surface area contributed by atoms with Gasteiger partial charge in [-0.3, -0.25) is 4.79 Å². The largest absolute Gasteiger partial charge is 0.493 e. The number of esters is 1. The number of hydrazone groups is 1. The van der Waals surface area contributed by atoms with Crippen molar-refractivity contribution < 1.29 is 38.1 Å². The van der Waals surface area contributed by atoms with Gasteiger partial charge in [0, 0.05) is 10.2 Å². The molecule has 45 heavy (non-hydrogen) atoms. The monoisotopic (exact) mass is 792 g/mol. The van der Waals surface area contributed by atoms with E-state index in [0.717, 1.165) is 13.6 Å². The number of hydrogen-bond donors (Lipinski definition) is 3. The average molecular weight is 793 g/mol. The van der Waals surface area contributed by atoms with Crippen molar-refractivity contribution in [2.75, 3.05) is 27.9 Å². The maximum absolute atomic E-state index is 12.5. The van der Waals surface area contributed by atoms with Gasteiger partial charge in [-0.1, -0.05) is 34.1 Å². The molecule has 1 aliphatic rings. The molecule has 14 heteroatoms. The van der Waals surface area contributed by atoms with Crippen LogP contribution in [0.15, 0.2) is 75.4 Å². The Kier molecular flexibility index (Phi) is 11.6.